The molecule has 0 bridgehead atoms. The fourth-order valence-electron chi connectivity index (χ4n) is 1.82. The number of carbonyl (C=O) groups is 1. The van der Waals surface area contributed by atoms with Crippen LogP contribution in [0.15, 0.2) is 47.4 Å². The highest BCUT2D eigenvalue weighted by Crippen LogP contribution is 2.13. The van der Waals surface area contributed by atoms with Crippen LogP contribution in [-0.2, 0) is 6.54 Å². The van der Waals surface area contributed by atoms with Crippen molar-refractivity contribution in [1.82, 2.24) is 4.57 Å². The third kappa shape index (κ3) is 2.91. The first kappa shape index (κ1) is 13.1. The number of hydrogen-bond donors (Lipinski definition) is 0. The highest BCUT2D eigenvalue weighted by Gasteiger charge is 2.09. The molecule has 4 heteroatoms. The summed E-state index contributed by atoms with van der Waals surface area (Å²) in [5.74, 6) is 0.508. The fourth-order valence-corrected chi connectivity index (χ4v) is 1.82. The van der Waals surface area contributed by atoms with Gasteiger partial charge in [0.25, 0.3) is 5.56 Å². The van der Waals surface area contributed by atoms with E-state index in [1.807, 2.05) is 0 Å². The molecular weight excluding hydrogens is 242 g/mol. The van der Waals surface area contributed by atoms with Crippen LogP contribution in [0.1, 0.15) is 15.9 Å². The highest BCUT2D eigenvalue weighted by atomic mass is 16.5. The quantitative estimate of drug-likeness (QED) is 0.788. The Hall–Kier alpha value is -2.36. The second-order valence-corrected chi connectivity index (χ2v) is 4.28. The zero-order chi connectivity index (χ0) is 13.8. The van der Waals surface area contributed by atoms with Crippen molar-refractivity contribution in [2.24, 2.45) is 0 Å². The number of Topliss-reactive ketones (excluding diaryl/α,β-unsaturated/α-hetero) is 1. The summed E-state index contributed by atoms with van der Waals surface area (Å²) in [7, 11) is 1.55. The van der Waals surface area contributed by atoms with Crippen LogP contribution in [0.3, 0.4) is 0 Å². The molecule has 4 nitrogen and oxygen atoms in total. The Labute approximate surface area is 111 Å². The van der Waals surface area contributed by atoms with Crippen molar-refractivity contribution in [1.29, 1.82) is 0 Å². The second-order valence-electron chi connectivity index (χ2n) is 4.28. The Morgan fingerprint density at radius 1 is 1.26 bits per heavy atom. The standard InChI is InChI=1S/C15H15NO3/c1-11-5-4-8-16(15(11)18)10-14(17)12-6-3-7-13(9-12)19-2/h3-9H,10H2,1-2H3. The number of ether oxygens (including phenoxy) is 1. The first-order chi connectivity index (χ1) is 9.11. The fraction of sp³-hybridized carbons (Fsp3) is 0.200. The van der Waals surface area contributed by atoms with Crippen molar-refractivity contribution in [2.75, 3.05) is 7.11 Å². The molecule has 2 aromatic rings. The molecule has 0 radical (unpaired) electrons. The molecule has 1 heterocycles. The lowest BCUT2D eigenvalue weighted by molar-refractivity contribution is 0.0970. The highest BCUT2D eigenvalue weighted by molar-refractivity contribution is 5.96. The van der Waals surface area contributed by atoms with Crippen LogP contribution in [0.5, 0.6) is 5.75 Å². The van der Waals surface area contributed by atoms with E-state index in [0.717, 1.165) is 0 Å². The Morgan fingerprint density at radius 3 is 2.79 bits per heavy atom. The van der Waals surface area contributed by atoms with Crippen LogP contribution < -0.4 is 10.3 Å². The number of carbonyl (C=O) groups excluding carboxylic acids is 1. The number of nitrogens with zero attached hydrogens (tertiary/aromatic N) is 1. The van der Waals surface area contributed by atoms with Crippen LogP contribution in [0.4, 0.5) is 0 Å². The maximum atomic E-state index is 12.1. The molecule has 19 heavy (non-hydrogen) atoms. The van der Waals surface area contributed by atoms with Gasteiger partial charge in [0.15, 0.2) is 5.78 Å². The van der Waals surface area contributed by atoms with E-state index < -0.39 is 0 Å². The molecule has 98 valence electrons. The van der Waals surface area contributed by atoms with Gasteiger partial charge >= 0.3 is 0 Å². The lowest BCUT2D eigenvalue weighted by Gasteiger charge is -2.07. The summed E-state index contributed by atoms with van der Waals surface area (Å²) in [6.45, 7) is 1.77. The average Bonchev–Trinajstić information content (AvgIpc) is 2.44. The molecule has 2 rings (SSSR count). The van der Waals surface area contributed by atoms with Crippen LogP contribution in [0.2, 0.25) is 0 Å². The topological polar surface area (TPSA) is 48.3 Å². The summed E-state index contributed by atoms with van der Waals surface area (Å²) in [4.78, 5) is 24.0. The van der Waals surface area contributed by atoms with Gasteiger partial charge in [-0.05, 0) is 25.1 Å². The van der Waals surface area contributed by atoms with E-state index in [0.29, 0.717) is 16.9 Å². The number of methoxy groups -OCH3 is 1. The van der Waals surface area contributed by atoms with Gasteiger partial charge < -0.3 is 9.30 Å². The van der Waals surface area contributed by atoms with Gasteiger partial charge in [0.05, 0.1) is 13.7 Å². The number of hydrogen-bond acceptors (Lipinski definition) is 3. The molecular formula is C15H15NO3. The molecule has 1 aromatic carbocycles. The van der Waals surface area contributed by atoms with Gasteiger partial charge in [-0.1, -0.05) is 18.2 Å². The number of pyridine rings is 1. The van der Waals surface area contributed by atoms with Crippen molar-refractivity contribution in [3.05, 3.63) is 64.1 Å². The molecule has 0 N–H and O–H groups in total. The number of ketones is 1. The number of aryl methyl sites for hydroxylation is 1. The first-order valence-electron chi connectivity index (χ1n) is 5.95. The van der Waals surface area contributed by atoms with Crippen molar-refractivity contribution in [3.63, 3.8) is 0 Å². The average molecular weight is 257 g/mol. The molecule has 0 aliphatic carbocycles. The van der Waals surface area contributed by atoms with Gasteiger partial charge in [-0.2, -0.15) is 0 Å². The summed E-state index contributed by atoms with van der Waals surface area (Å²) in [5.41, 5.74) is 1.02. The predicted molar refractivity (Wildman–Crippen MR) is 72.8 cm³/mol. The SMILES string of the molecule is COc1cccc(C(=O)Cn2cccc(C)c2=O)c1. The largest absolute Gasteiger partial charge is 0.497 e. The Balaban J connectivity index is 2.25. The summed E-state index contributed by atoms with van der Waals surface area (Å²) in [5, 5.41) is 0. The third-order valence-corrected chi connectivity index (χ3v) is 2.92. The number of benzene rings is 1. The van der Waals surface area contributed by atoms with Gasteiger partial charge in [-0.15, -0.1) is 0 Å². The van der Waals surface area contributed by atoms with E-state index in [9.17, 15) is 9.59 Å². The molecule has 0 aliphatic heterocycles. The van der Waals surface area contributed by atoms with Gasteiger partial charge in [0.2, 0.25) is 0 Å². The van der Waals surface area contributed by atoms with E-state index in [2.05, 4.69) is 0 Å². The minimum atomic E-state index is -0.140. The van der Waals surface area contributed by atoms with Gasteiger partial charge in [0.1, 0.15) is 5.75 Å². The summed E-state index contributed by atoms with van der Waals surface area (Å²) < 4.78 is 6.49. The predicted octanol–water partition coefficient (Wildman–Crippen LogP) is 2.05. The molecule has 0 saturated heterocycles. The van der Waals surface area contributed by atoms with Crippen molar-refractivity contribution in [2.45, 2.75) is 13.5 Å². The minimum Gasteiger partial charge on any atom is -0.497 e. The molecule has 0 fully saturated rings. The molecule has 0 unspecified atom stereocenters. The van der Waals surface area contributed by atoms with E-state index >= 15 is 0 Å². The lowest BCUT2D eigenvalue weighted by Crippen LogP contribution is -2.25. The Bertz CT molecular complexity index is 658. The van der Waals surface area contributed by atoms with Gasteiger partial charge in [-0.3, -0.25) is 9.59 Å². The van der Waals surface area contributed by atoms with Gasteiger partial charge in [-0.25, -0.2) is 0 Å². The zero-order valence-corrected chi connectivity index (χ0v) is 10.9. The molecule has 0 saturated carbocycles. The summed E-state index contributed by atoms with van der Waals surface area (Å²) in [6, 6.07) is 10.4. The molecule has 0 aliphatic rings. The molecule has 1 aromatic heterocycles. The van der Waals surface area contributed by atoms with E-state index in [1.165, 1.54) is 4.57 Å². The van der Waals surface area contributed by atoms with Crippen molar-refractivity contribution >= 4 is 5.78 Å². The summed E-state index contributed by atoms with van der Waals surface area (Å²) >= 11 is 0. The normalized spacial score (nSPS) is 10.2. The molecule has 0 amide bonds. The first-order valence-corrected chi connectivity index (χ1v) is 5.95. The van der Waals surface area contributed by atoms with Crippen LogP contribution >= 0.6 is 0 Å². The maximum absolute atomic E-state index is 12.1. The number of rotatable bonds is 4. The van der Waals surface area contributed by atoms with Crippen LogP contribution in [-0.4, -0.2) is 17.5 Å². The summed E-state index contributed by atoms with van der Waals surface area (Å²) in [6.07, 6.45) is 1.62. The lowest BCUT2D eigenvalue weighted by atomic mass is 10.1. The Morgan fingerprint density at radius 2 is 2.05 bits per heavy atom. The smallest absolute Gasteiger partial charge is 0.253 e. The monoisotopic (exact) mass is 257 g/mol. The zero-order valence-electron chi connectivity index (χ0n) is 10.9. The minimum absolute atomic E-state index is 0.0354. The van der Waals surface area contributed by atoms with Gasteiger partial charge in [0, 0.05) is 17.3 Å². The maximum Gasteiger partial charge on any atom is 0.253 e. The van der Waals surface area contributed by atoms with E-state index in [4.69, 9.17) is 4.74 Å². The Kier molecular flexibility index (Phi) is 3.80. The van der Waals surface area contributed by atoms with E-state index in [1.54, 1.807) is 56.6 Å². The third-order valence-electron chi connectivity index (χ3n) is 2.92. The van der Waals surface area contributed by atoms with E-state index in [-0.39, 0.29) is 17.9 Å². The second kappa shape index (κ2) is 5.52. The van der Waals surface area contributed by atoms with Crippen LogP contribution in [0.25, 0.3) is 0 Å². The van der Waals surface area contributed by atoms with Crippen LogP contribution in [0, 0.1) is 6.92 Å². The molecule has 0 atom stereocenters. The molecule has 0 spiro atoms. The van der Waals surface area contributed by atoms with Crippen molar-refractivity contribution < 1.29 is 9.53 Å². The van der Waals surface area contributed by atoms with Crippen molar-refractivity contribution in [3.8, 4) is 5.75 Å². The number of aromatic nitrogens is 1.